The molecule has 45 heavy (non-hydrogen) atoms. The average molecular weight is 639 g/mol. The van der Waals surface area contributed by atoms with E-state index in [0.29, 0.717) is 57.3 Å². The van der Waals surface area contributed by atoms with E-state index in [2.05, 4.69) is 10.6 Å². The largest absolute Gasteiger partial charge is 0.496 e. The molecule has 3 fully saturated rings. The number of carbonyl (C=O) groups excluding carboxylic acids is 3. The first-order valence-electron chi connectivity index (χ1n) is 15.1. The molecular formula is C32H35F5N2O6. The number of anilines is 1. The second kappa shape index (κ2) is 13.2. The molecule has 4 atom stereocenters. The molecule has 2 aromatic rings. The number of carbonyl (C=O) groups is 3. The third-order valence-electron chi connectivity index (χ3n) is 9.14. The van der Waals surface area contributed by atoms with Crippen molar-refractivity contribution in [2.45, 2.75) is 70.2 Å². The maximum absolute atomic E-state index is 15.0. The molecule has 8 nitrogen and oxygen atoms in total. The summed E-state index contributed by atoms with van der Waals surface area (Å²) < 4.78 is 84.7. The molecule has 244 valence electrons. The van der Waals surface area contributed by atoms with Crippen LogP contribution in [0.5, 0.6) is 11.5 Å². The zero-order valence-corrected chi connectivity index (χ0v) is 24.8. The number of amides is 2. The highest BCUT2D eigenvalue weighted by atomic mass is 19.4. The third-order valence-corrected chi connectivity index (χ3v) is 9.14. The molecule has 3 aliphatic rings. The van der Waals surface area contributed by atoms with E-state index < -0.39 is 47.1 Å². The van der Waals surface area contributed by atoms with Crippen molar-refractivity contribution in [1.82, 2.24) is 5.32 Å². The predicted octanol–water partition coefficient (Wildman–Crippen LogP) is 6.28. The highest BCUT2D eigenvalue weighted by Gasteiger charge is 2.51. The van der Waals surface area contributed by atoms with Crippen molar-refractivity contribution in [3.05, 3.63) is 53.1 Å². The number of methoxy groups -OCH3 is 1. The van der Waals surface area contributed by atoms with E-state index in [1.807, 2.05) is 0 Å². The molecular weight excluding hydrogens is 603 g/mol. The predicted molar refractivity (Wildman–Crippen MR) is 152 cm³/mol. The Morgan fingerprint density at radius 2 is 1.62 bits per heavy atom. The van der Waals surface area contributed by atoms with Crippen LogP contribution in [0.2, 0.25) is 0 Å². The number of nitrogens with one attached hydrogen (secondary N) is 2. The molecule has 3 aliphatic carbocycles. The number of esters is 1. The van der Waals surface area contributed by atoms with Crippen LogP contribution in [0.4, 0.5) is 27.6 Å². The van der Waals surface area contributed by atoms with Crippen LogP contribution in [-0.4, -0.2) is 43.6 Å². The summed E-state index contributed by atoms with van der Waals surface area (Å²) in [5.41, 5.74) is -1.71. The third kappa shape index (κ3) is 7.01. The van der Waals surface area contributed by atoms with Crippen molar-refractivity contribution >= 4 is 23.5 Å². The highest BCUT2D eigenvalue weighted by Crippen LogP contribution is 2.49. The van der Waals surface area contributed by atoms with Crippen molar-refractivity contribution in [2.75, 3.05) is 19.0 Å². The fourth-order valence-corrected chi connectivity index (χ4v) is 6.98. The van der Waals surface area contributed by atoms with Crippen molar-refractivity contribution < 1.29 is 50.5 Å². The Morgan fingerprint density at radius 1 is 0.911 bits per heavy atom. The Morgan fingerprint density at radius 3 is 2.29 bits per heavy atom. The summed E-state index contributed by atoms with van der Waals surface area (Å²) in [6.45, 7) is 2.03. The number of halogens is 5. The number of hydrogen-bond acceptors (Lipinski definition) is 6. The van der Waals surface area contributed by atoms with Crippen LogP contribution in [-0.2, 0) is 20.5 Å². The Kier molecular flexibility index (Phi) is 9.54. The van der Waals surface area contributed by atoms with E-state index in [4.69, 9.17) is 14.2 Å². The quantitative estimate of drug-likeness (QED) is 0.248. The van der Waals surface area contributed by atoms with E-state index in [1.165, 1.54) is 13.2 Å². The SMILES string of the molecule is CCOC(=O)C1CCC(Oc2cc(C(=O)N[C@@H]3[C@H]4CC[C@H](C4)[C@@H]3C(=O)Nc3ccc(F)c(C(F)(F)F)c3)c(OC)cc2F)CC1. The summed E-state index contributed by atoms with van der Waals surface area (Å²) in [7, 11) is 1.29. The summed E-state index contributed by atoms with van der Waals surface area (Å²) in [5, 5.41) is 5.37. The van der Waals surface area contributed by atoms with Gasteiger partial charge in [-0.05, 0) is 88.0 Å². The van der Waals surface area contributed by atoms with Gasteiger partial charge in [0.25, 0.3) is 5.91 Å². The molecule has 2 bridgehead atoms. The lowest BCUT2D eigenvalue weighted by molar-refractivity contribution is -0.149. The number of benzene rings is 2. The highest BCUT2D eigenvalue weighted by molar-refractivity contribution is 5.99. The van der Waals surface area contributed by atoms with Gasteiger partial charge >= 0.3 is 12.1 Å². The number of ether oxygens (including phenoxy) is 3. The van der Waals surface area contributed by atoms with Gasteiger partial charge in [-0.25, -0.2) is 8.78 Å². The molecule has 0 aromatic heterocycles. The van der Waals surface area contributed by atoms with Crippen molar-refractivity contribution in [1.29, 1.82) is 0 Å². The molecule has 0 spiro atoms. The van der Waals surface area contributed by atoms with Crippen LogP contribution in [0.15, 0.2) is 30.3 Å². The number of alkyl halides is 3. The smallest absolute Gasteiger partial charge is 0.419 e. The first-order chi connectivity index (χ1) is 21.4. The molecule has 0 unspecified atom stereocenters. The monoisotopic (exact) mass is 638 g/mol. The number of hydrogen-bond donors (Lipinski definition) is 2. The molecule has 3 saturated carbocycles. The summed E-state index contributed by atoms with van der Waals surface area (Å²) >= 11 is 0. The maximum atomic E-state index is 15.0. The minimum absolute atomic E-state index is 0.00982. The second-order valence-electron chi connectivity index (χ2n) is 11.9. The zero-order valence-electron chi connectivity index (χ0n) is 24.8. The van der Waals surface area contributed by atoms with Gasteiger partial charge in [0.05, 0.1) is 42.8 Å². The molecule has 0 aliphatic heterocycles. The van der Waals surface area contributed by atoms with E-state index in [9.17, 15) is 31.9 Å². The van der Waals surface area contributed by atoms with Gasteiger partial charge < -0.3 is 24.8 Å². The first kappa shape index (κ1) is 32.5. The van der Waals surface area contributed by atoms with Gasteiger partial charge in [0.2, 0.25) is 5.91 Å². The van der Waals surface area contributed by atoms with Crippen LogP contribution in [0.25, 0.3) is 0 Å². The molecule has 0 saturated heterocycles. The lowest BCUT2D eigenvalue weighted by atomic mass is 9.83. The van der Waals surface area contributed by atoms with Gasteiger partial charge in [0, 0.05) is 17.8 Å². The van der Waals surface area contributed by atoms with E-state index in [1.54, 1.807) is 6.92 Å². The minimum Gasteiger partial charge on any atom is -0.496 e. The van der Waals surface area contributed by atoms with Crippen LogP contribution >= 0.6 is 0 Å². The minimum atomic E-state index is -4.94. The van der Waals surface area contributed by atoms with E-state index in [0.717, 1.165) is 18.6 Å². The summed E-state index contributed by atoms with van der Waals surface area (Å²) in [6.07, 6.45) is -1.17. The van der Waals surface area contributed by atoms with Gasteiger partial charge in [0.1, 0.15) is 11.6 Å². The van der Waals surface area contributed by atoms with Gasteiger partial charge in [-0.1, -0.05) is 0 Å². The first-order valence-corrected chi connectivity index (χ1v) is 15.1. The van der Waals surface area contributed by atoms with Crippen LogP contribution < -0.4 is 20.1 Å². The summed E-state index contributed by atoms with van der Waals surface area (Å²) in [6, 6.07) is 3.90. The standard InChI is InChI=1S/C32H35F5N2O6/c1-3-44-31(42)16-6-9-20(10-7-16)45-26-14-21(25(43-2)15-24(26)34)29(40)39-28-18-5-4-17(12-18)27(28)30(41)38-19-8-11-23(33)22(13-19)32(35,36)37/h8,11,13-18,20,27-28H,3-7,9-10,12H2,1-2H3,(H,38,41)(H,39,40)/t16?,17-,18+,20?,27+,28-/m1/s1. The van der Waals surface area contributed by atoms with Crippen LogP contribution in [0.3, 0.4) is 0 Å². The van der Waals surface area contributed by atoms with Crippen molar-refractivity contribution in [3.63, 3.8) is 0 Å². The molecule has 2 aromatic carbocycles. The number of fused-ring (bicyclic) bond motifs is 2. The molecule has 2 N–H and O–H groups in total. The van der Waals surface area contributed by atoms with Gasteiger partial charge in [-0.2, -0.15) is 13.2 Å². The van der Waals surface area contributed by atoms with Crippen LogP contribution in [0.1, 0.15) is 67.8 Å². The Labute approximate surface area is 257 Å². The van der Waals surface area contributed by atoms with Gasteiger partial charge in [-0.3, -0.25) is 14.4 Å². The summed E-state index contributed by atoms with van der Waals surface area (Å²) in [4.78, 5) is 39.0. The topological polar surface area (TPSA) is 103 Å². The Balaban J connectivity index is 1.30. The molecule has 0 radical (unpaired) electrons. The molecule has 2 amide bonds. The van der Waals surface area contributed by atoms with Crippen molar-refractivity contribution in [2.24, 2.45) is 23.7 Å². The zero-order chi connectivity index (χ0) is 32.5. The fraction of sp³-hybridized carbons (Fsp3) is 0.531. The average Bonchev–Trinajstić information content (AvgIpc) is 3.61. The Hall–Kier alpha value is -3.90. The lowest BCUT2D eigenvalue weighted by Crippen LogP contribution is -2.48. The fourth-order valence-electron chi connectivity index (χ4n) is 6.98. The van der Waals surface area contributed by atoms with Crippen molar-refractivity contribution in [3.8, 4) is 11.5 Å². The normalized spacial score (nSPS) is 25.8. The number of rotatable bonds is 9. The Bertz CT molecular complexity index is 1440. The summed E-state index contributed by atoms with van der Waals surface area (Å²) in [5.74, 6) is -5.00. The van der Waals surface area contributed by atoms with Gasteiger partial charge in [0.15, 0.2) is 11.6 Å². The molecule has 0 heterocycles. The van der Waals surface area contributed by atoms with E-state index >= 15 is 4.39 Å². The van der Waals surface area contributed by atoms with E-state index in [-0.39, 0.29) is 52.6 Å². The second-order valence-corrected chi connectivity index (χ2v) is 11.9. The lowest BCUT2D eigenvalue weighted by Gasteiger charge is -2.31. The van der Waals surface area contributed by atoms with Crippen LogP contribution in [0, 0.1) is 35.3 Å². The maximum Gasteiger partial charge on any atom is 0.419 e. The van der Waals surface area contributed by atoms with Gasteiger partial charge in [-0.15, -0.1) is 0 Å². The molecule has 5 rings (SSSR count). The molecule has 13 heteroatoms.